The summed E-state index contributed by atoms with van der Waals surface area (Å²) in [5, 5.41) is 3.55. The zero-order valence-electron chi connectivity index (χ0n) is 17.8. The zero-order valence-corrected chi connectivity index (χ0v) is 20.1. The molecule has 0 unspecified atom stereocenters. The number of aromatic nitrogens is 2. The summed E-state index contributed by atoms with van der Waals surface area (Å²) in [6.07, 6.45) is 1.03. The smallest absolute Gasteiger partial charge is 0.193 e. The molecule has 1 N–H and O–H groups in total. The molecule has 7 heteroatoms. The molecule has 1 aromatic heterocycles. The van der Waals surface area contributed by atoms with Crippen LogP contribution >= 0.6 is 24.0 Å². The third-order valence-electron chi connectivity index (χ3n) is 5.60. The third kappa shape index (κ3) is 5.06. The van der Waals surface area contributed by atoms with Gasteiger partial charge in [0.2, 0.25) is 0 Å². The number of para-hydroxylation sites is 3. The molecule has 2 heterocycles. The minimum atomic E-state index is 0. The Morgan fingerprint density at radius 1 is 1.00 bits per heavy atom. The Hall–Kier alpha value is -2.29. The number of piperazine rings is 1. The number of nitrogens with one attached hydrogen (secondary N) is 1. The highest BCUT2D eigenvalue weighted by Crippen LogP contribution is 2.16. The van der Waals surface area contributed by atoms with Crippen molar-refractivity contribution in [2.45, 2.75) is 19.9 Å². The molecule has 0 saturated carbocycles. The summed E-state index contributed by atoms with van der Waals surface area (Å²) in [6, 6.07) is 19.0. The van der Waals surface area contributed by atoms with E-state index >= 15 is 0 Å². The molecule has 4 rings (SSSR count). The van der Waals surface area contributed by atoms with E-state index in [1.807, 2.05) is 13.1 Å². The van der Waals surface area contributed by atoms with Gasteiger partial charge in [0, 0.05) is 52.0 Å². The molecular formula is C23H31IN6. The summed E-state index contributed by atoms with van der Waals surface area (Å²) in [7, 11) is 1.87. The van der Waals surface area contributed by atoms with Crippen molar-refractivity contribution in [2.75, 3.05) is 44.7 Å². The predicted octanol–water partition coefficient (Wildman–Crippen LogP) is 3.75. The molecular weight excluding hydrogens is 487 g/mol. The molecule has 1 fully saturated rings. The van der Waals surface area contributed by atoms with E-state index in [1.165, 1.54) is 11.2 Å². The molecule has 3 aromatic rings. The van der Waals surface area contributed by atoms with Crippen LogP contribution in [0.1, 0.15) is 12.2 Å². The molecule has 1 saturated heterocycles. The quantitative estimate of drug-likeness (QED) is 0.242. The molecule has 30 heavy (non-hydrogen) atoms. The van der Waals surface area contributed by atoms with Crippen LogP contribution in [-0.2, 0) is 6.54 Å². The summed E-state index contributed by atoms with van der Waals surface area (Å²) < 4.78 is 2.30. The summed E-state index contributed by atoms with van der Waals surface area (Å²) in [5.41, 5.74) is 3.59. The van der Waals surface area contributed by atoms with Crippen LogP contribution in [0.5, 0.6) is 0 Å². The first-order valence-corrected chi connectivity index (χ1v) is 10.4. The number of aryl methyl sites for hydroxylation is 2. The Labute approximate surface area is 196 Å². The number of benzene rings is 2. The number of imidazole rings is 1. The summed E-state index contributed by atoms with van der Waals surface area (Å²) in [5.74, 6) is 2.08. The lowest BCUT2D eigenvalue weighted by atomic mass is 10.2. The van der Waals surface area contributed by atoms with Gasteiger partial charge in [-0.1, -0.05) is 30.3 Å². The summed E-state index contributed by atoms with van der Waals surface area (Å²) in [6.45, 7) is 7.95. The average molecular weight is 518 g/mol. The first-order valence-electron chi connectivity index (χ1n) is 10.4. The average Bonchev–Trinajstić information content (AvgIpc) is 3.10. The van der Waals surface area contributed by atoms with Crippen LogP contribution in [0.2, 0.25) is 0 Å². The highest BCUT2D eigenvalue weighted by atomic mass is 127. The number of nitrogens with zero attached hydrogens (tertiary/aromatic N) is 5. The van der Waals surface area contributed by atoms with Gasteiger partial charge in [0.1, 0.15) is 5.82 Å². The molecule has 6 nitrogen and oxygen atoms in total. The van der Waals surface area contributed by atoms with Gasteiger partial charge in [-0.15, -0.1) is 24.0 Å². The minimum Gasteiger partial charge on any atom is -0.368 e. The van der Waals surface area contributed by atoms with Crippen LogP contribution in [0.25, 0.3) is 11.0 Å². The molecule has 0 radical (unpaired) electrons. The van der Waals surface area contributed by atoms with Crippen molar-refractivity contribution in [3.63, 3.8) is 0 Å². The van der Waals surface area contributed by atoms with E-state index in [4.69, 9.17) is 0 Å². The fourth-order valence-corrected chi connectivity index (χ4v) is 4.06. The normalized spacial score (nSPS) is 14.7. The second-order valence-corrected chi connectivity index (χ2v) is 7.44. The fourth-order valence-electron chi connectivity index (χ4n) is 4.06. The lowest BCUT2D eigenvalue weighted by Gasteiger charge is -2.37. The fraction of sp³-hybridized carbons (Fsp3) is 0.391. The van der Waals surface area contributed by atoms with Gasteiger partial charge >= 0.3 is 0 Å². The summed E-state index contributed by atoms with van der Waals surface area (Å²) >= 11 is 0. The lowest BCUT2D eigenvalue weighted by Crippen LogP contribution is -2.52. The van der Waals surface area contributed by atoms with Crippen molar-refractivity contribution in [3.05, 3.63) is 60.4 Å². The third-order valence-corrected chi connectivity index (χ3v) is 5.60. The Balaban J connectivity index is 0.00000256. The van der Waals surface area contributed by atoms with Crippen molar-refractivity contribution in [3.8, 4) is 0 Å². The van der Waals surface area contributed by atoms with E-state index in [0.717, 1.165) is 63.0 Å². The van der Waals surface area contributed by atoms with Crippen LogP contribution < -0.4 is 10.2 Å². The topological polar surface area (TPSA) is 48.7 Å². The Morgan fingerprint density at radius 2 is 1.70 bits per heavy atom. The second kappa shape index (κ2) is 10.7. The van der Waals surface area contributed by atoms with E-state index in [-0.39, 0.29) is 24.0 Å². The molecule has 1 aliphatic heterocycles. The predicted molar refractivity (Wildman–Crippen MR) is 136 cm³/mol. The molecule has 160 valence electrons. The number of halogens is 1. The number of hydrogen-bond donors (Lipinski definition) is 1. The monoisotopic (exact) mass is 518 g/mol. The minimum absolute atomic E-state index is 0. The van der Waals surface area contributed by atoms with Gasteiger partial charge in [-0.25, -0.2) is 4.98 Å². The molecule has 0 spiro atoms. The van der Waals surface area contributed by atoms with Crippen LogP contribution in [0.3, 0.4) is 0 Å². The van der Waals surface area contributed by atoms with Gasteiger partial charge in [0.25, 0.3) is 0 Å². The van der Waals surface area contributed by atoms with Crippen LogP contribution in [0.15, 0.2) is 59.6 Å². The Bertz CT molecular complexity index is 960. The van der Waals surface area contributed by atoms with E-state index in [1.54, 1.807) is 0 Å². The van der Waals surface area contributed by atoms with Crippen molar-refractivity contribution in [1.82, 2.24) is 19.8 Å². The Morgan fingerprint density at radius 3 is 2.43 bits per heavy atom. The van der Waals surface area contributed by atoms with Gasteiger partial charge in [0.05, 0.1) is 11.0 Å². The molecule has 1 aliphatic rings. The molecule has 2 aromatic carbocycles. The molecule has 0 bridgehead atoms. The van der Waals surface area contributed by atoms with Crippen LogP contribution in [-0.4, -0.2) is 60.2 Å². The maximum Gasteiger partial charge on any atom is 0.193 e. The first kappa shape index (κ1) is 22.4. The van der Waals surface area contributed by atoms with E-state index in [2.05, 4.69) is 85.1 Å². The van der Waals surface area contributed by atoms with Gasteiger partial charge in [-0.05, 0) is 37.6 Å². The van der Waals surface area contributed by atoms with Crippen molar-refractivity contribution < 1.29 is 0 Å². The van der Waals surface area contributed by atoms with Crippen LogP contribution in [0, 0.1) is 6.92 Å². The van der Waals surface area contributed by atoms with E-state index < -0.39 is 0 Å². The molecule has 0 amide bonds. The van der Waals surface area contributed by atoms with Crippen molar-refractivity contribution in [2.24, 2.45) is 4.99 Å². The van der Waals surface area contributed by atoms with Crippen molar-refractivity contribution in [1.29, 1.82) is 0 Å². The Kier molecular flexibility index (Phi) is 7.95. The standard InChI is InChI=1S/C23H30N6.HI/c1-19-26-21-11-6-7-12-22(21)29(19)14-8-13-25-23(24-2)28-17-15-27(16-18-28)20-9-4-3-5-10-20;/h3-7,9-12H,8,13-18H2,1-2H3,(H,24,25);1H. The van der Waals surface area contributed by atoms with E-state index in [0.29, 0.717) is 0 Å². The van der Waals surface area contributed by atoms with Crippen LogP contribution in [0.4, 0.5) is 5.69 Å². The number of rotatable bonds is 5. The lowest BCUT2D eigenvalue weighted by molar-refractivity contribution is 0.372. The number of hydrogen-bond acceptors (Lipinski definition) is 3. The van der Waals surface area contributed by atoms with Gasteiger partial charge in [-0.3, -0.25) is 4.99 Å². The number of aliphatic imine (C=N–C) groups is 1. The highest BCUT2D eigenvalue weighted by Gasteiger charge is 2.19. The number of fused-ring (bicyclic) bond motifs is 1. The van der Waals surface area contributed by atoms with E-state index in [9.17, 15) is 0 Å². The maximum atomic E-state index is 4.65. The van der Waals surface area contributed by atoms with Crippen molar-refractivity contribution >= 4 is 46.7 Å². The number of anilines is 1. The largest absolute Gasteiger partial charge is 0.368 e. The SMILES string of the molecule is CN=C(NCCCn1c(C)nc2ccccc21)N1CCN(c2ccccc2)CC1.I. The van der Waals surface area contributed by atoms with Gasteiger partial charge in [0.15, 0.2) is 5.96 Å². The van der Waals surface area contributed by atoms with Gasteiger partial charge in [-0.2, -0.15) is 0 Å². The number of guanidine groups is 1. The highest BCUT2D eigenvalue weighted by molar-refractivity contribution is 14.0. The first-order chi connectivity index (χ1) is 14.3. The van der Waals surface area contributed by atoms with Gasteiger partial charge < -0.3 is 19.7 Å². The molecule has 0 aliphatic carbocycles. The summed E-state index contributed by atoms with van der Waals surface area (Å²) in [4.78, 5) is 14.0. The zero-order chi connectivity index (χ0) is 20.1. The molecule has 0 atom stereocenters. The maximum absolute atomic E-state index is 4.65. The second-order valence-electron chi connectivity index (χ2n) is 7.44.